The number of carbonyl (C=O) groups excluding carboxylic acids is 2. The van der Waals surface area contributed by atoms with Gasteiger partial charge >= 0.3 is 0 Å². The minimum atomic E-state index is -2.36. The van der Waals surface area contributed by atoms with Crippen LogP contribution in [-0.2, 0) is 4.57 Å². The Labute approximate surface area is 118 Å². The molecule has 1 N–H and O–H groups in total. The number of imide groups is 1. The standard InChI is InChI=1S/C14H18NO4P/c16-13-11-7-3-4-8-12(11)14(17)15(13)9-5-1-2-6-10-20(18)19/h3-4,7-8,20H,1-2,5-6,9-10H2,(H,18,19). The fraction of sp³-hybridized carbons (Fsp3) is 0.429. The van der Waals surface area contributed by atoms with E-state index in [9.17, 15) is 14.2 Å². The highest BCUT2D eigenvalue weighted by molar-refractivity contribution is 7.37. The molecule has 0 saturated heterocycles. The summed E-state index contributed by atoms with van der Waals surface area (Å²) in [5, 5.41) is 0. The van der Waals surface area contributed by atoms with Crippen molar-refractivity contribution in [2.45, 2.75) is 25.7 Å². The van der Waals surface area contributed by atoms with Gasteiger partial charge in [-0.25, -0.2) is 0 Å². The maximum atomic E-state index is 12.1. The Bertz CT molecular complexity index is 509. The average Bonchev–Trinajstić information content (AvgIpc) is 2.67. The van der Waals surface area contributed by atoms with Crippen molar-refractivity contribution in [2.75, 3.05) is 12.7 Å². The van der Waals surface area contributed by atoms with Gasteiger partial charge in [-0.3, -0.25) is 19.1 Å². The summed E-state index contributed by atoms with van der Waals surface area (Å²) in [6.45, 7) is 0.417. The zero-order valence-corrected chi connectivity index (χ0v) is 12.2. The SMILES string of the molecule is O=C1c2ccccc2C(=O)N1CCCCCC[PH](=O)O. The summed E-state index contributed by atoms with van der Waals surface area (Å²) in [5.41, 5.74) is 0.966. The van der Waals surface area contributed by atoms with Crippen LogP contribution in [0.4, 0.5) is 0 Å². The molecule has 0 aliphatic carbocycles. The van der Waals surface area contributed by atoms with Gasteiger partial charge in [-0.1, -0.05) is 25.0 Å². The maximum absolute atomic E-state index is 12.1. The second kappa shape index (κ2) is 6.82. The van der Waals surface area contributed by atoms with Crippen LogP contribution in [-0.4, -0.2) is 34.3 Å². The first-order valence-corrected chi connectivity index (χ1v) is 8.34. The highest BCUT2D eigenvalue weighted by Gasteiger charge is 2.34. The molecule has 1 aliphatic heterocycles. The third-order valence-electron chi connectivity index (χ3n) is 3.40. The Kier molecular flexibility index (Phi) is 5.10. The molecular formula is C14H18NO4P. The van der Waals surface area contributed by atoms with Crippen molar-refractivity contribution in [1.29, 1.82) is 0 Å². The highest BCUT2D eigenvalue weighted by Crippen LogP contribution is 2.23. The number of hydrogen-bond donors (Lipinski definition) is 1. The Morgan fingerprint density at radius 1 is 0.950 bits per heavy atom. The largest absolute Gasteiger partial charge is 0.346 e. The van der Waals surface area contributed by atoms with Crippen LogP contribution in [0.15, 0.2) is 24.3 Å². The number of benzene rings is 1. The fourth-order valence-corrected chi connectivity index (χ4v) is 2.89. The number of carbonyl (C=O) groups is 2. The van der Waals surface area contributed by atoms with Gasteiger partial charge in [0.05, 0.1) is 11.1 Å². The zero-order chi connectivity index (χ0) is 14.5. The monoisotopic (exact) mass is 295 g/mol. The minimum Gasteiger partial charge on any atom is -0.346 e. The van der Waals surface area contributed by atoms with E-state index in [1.807, 2.05) is 0 Å². The van der Waals surface area contributed by atoms with E-state index < -0.39 is 8.03 Å². The molecule has 0 fully saturated rings. The Morgan fingerprint density at radius 3 is 2.05 bits per heavy atom. The molecular weight excluding hydrogens is 277 g/mol. The number of amides is 2. The lowest BCUT2D eigenvalue weighted by atomic mass is 10.1. The van der Waals surface area contributed by atoms with Gasteiger partial charge in [0.15, 0.2) is 8.03 Å². The van der Waals surface area contributed by atoms with Crippen LogP contribution in [0, 0.1) is 0 Å². The first-order chi connectivity index (χ1) is 9.61. The van der Waals surface area contributed by atoms with Gasteiger partial charge in [-0.2, -0.15) is 0 Å². The lowest BCUT2D eigenvalue weighted by molar-refractivity contribution is 0.0651. The summed E-state index contributed by atoms with van der Waals surface area (Å²) in [5.74, 6) is -0.433. The molecule has 0 bridgehead atoms. The number of unbranched alkanes of at least 4 members (excludes halogenated alkanes) is 3. The van der Waals surface area contributed by atoms with Gasteiger partial charge in [-0.15, -0.1) is 0 Å². The molecule has 1 heterocycles. The molecule has 0 aromatic heterocycles. The molecule has 1 atom stereocenters. The van der Waals surface area contributed by atoms with E-state index in [2.05, 4.69) is 0 Å². The van der Waals surface area contributed by atoms with E-state index in [-0.39, 0.29) is 11.8 Å². The Balaban J connectivity index is 1.79. The predicted octanol–water partition coefficient (Wildman–Crippen LogP) is 2.31. The molecule has 1 aliphatic rings. The fourth-order valence-electron chi connectivity index (χ4n) is 2.34. The molecule has 20 heavy (non-hydrogen) atoms. The molecule has 0 saturated carbocycles. The topological polar surface area (TPSA) is 74.7 Å². The van der Waals surface area contributed by atoms with E-state index in [1.54, 1.807) is 24.3 Å². The normalized spacial score (nSPS) is 15.6. The van der Waals surface area contributed by atoms with E-state index >= 15 is 0 Å². The highest BCUT2D eigenvalue weighted by atomic mass is 31.1. The number of rotatable bonds is 7. The van der Waals surface area contributed by atoms with Crippen LogP contribution in [0.5, 0.6) is 0 Å². The first kappa shape index (κ1) is 14.9. The summed E-state index contributed by atoms with van der Waals surface area (Å²) in [4.78, 5) is 34.1. The molecule has 108 valence electrons. The molecule has 0 radical (unpaired) electrons. The van der Waals surface area contributed by atoms with E-state index in [0.717, 1.165) is 25.7 Å². The van der Waals surface area contributed by atoms with Crippen molar-refractivity contribution < 1.29 is 19.0 Å². The summed E-state index contributed by atoms with van der Waals surface area (Å²) in [6, 6.07) is 6.86. The third kappa shape index (κ3) is 3.35. The quantitative estimate of drug-likeness (QED) is 0.476. The first-order valence-electron chi connectivity index (χ1n) is 6.78. The van der Waals surface area contributed by atoms with Crippen LogP contribution in [0.3, 0.4) is 0 Å². The van der Waals surface area contributed by atoms with Gasteiger partial charge in [0.2, 0.25) is 0 Å². The molecule has 1 aromatic carbocycles. The summed E-state index contributed by atoms with van der Waals surface area (Å²) < 4.78 is 10.5. The predicted molar refractivity (Wildman–Crippen MR) is 76.4 cm³/mol. The van der Waals surface area contributed by atoms with Gasteiger partial charge in [-0.05, 0) is 25.0 Å². The van der Waals surface area contributed by atoms with Gasteiger partial charge in [0, 0.05) is 12.7 Å². The van der Waals surface area contributed by atoms with E-state index in [4.69, 9.17) is 4.89 Å². The van der Waals surface area contributed by atoms with Crippen molar-refractivity contribution in [1.82, 2.24) is 4.90 Å². The Morgan fingerprint density at radius 2 is 1.50 bits per heavy atom. The molecule has 2 rings (SSSR count). The van der Waals surface area contributed by atoms with Gasteiger partial charge in [0.25, 0.3) is 11.8 Å². The Hall–Kier alpha value is -1.45. The summed E-state index contributed by atoms with van der Waals surface area (Å²) in [6.07, 6.45) is 3.51. The second-order valence-electron chi connectivity index (χ2n) is 4.87. The van der Waals surface area contributed by atoms with Crippen LogP contribution in [0.1, 0.15) is 46.4 Å². The molecule has 1 aromatic rings. The molecule has 2 amide bonds. The van der Waals surface area contributed by atoms with Crippen molar-refractivity contribution in [3.8, 4) is 0 Å². The second-order valence-corrected chi connectivity index (χ2v) is 6.15. The van der Waals surface area contributed by atoms with Crippen molar-refractivity contribution in [2.24, 2.45) is 0 Å². The molecule has 0 spiro atoms. The van der Waals surface area contributed by atoms with E-state index in [0.29, 0.717) is 23.8 Å². The lowest BCUT2D eigenvalue weighted by Gasteiger charge is -2.13. The van der Waals surface area contributed by atoms with E-state index in [1.165, 1.54) is 4.90 Å². The van der Waals surface area contributed by atoms with Crippen LogP contribution < -0.4 is 0 Å². The number of hydrogen-bond acceptors (Lipinski definition) is 3. The van der Waals surface area contributed by atoms with Crippen LogP contribution >= 0.6 is 8.03 Å². The van der Waals surface area contributed by atoms with Crippen molar-refractivity contribution in [3.05, 3.63) is 35.4 Å². The summed E-state index contributed by atoms with van der Waals surface area (Å²) >= 11 is 0. The van der Waals surface area contributed by atoms with Gasteiger partial charge in [0.1, 0.15) is 0 Å². The van der Waals surface area contributed by atoms with Crippen molar-refractivity contribution in [3.63, 3.8) is 0 Å². The molecule has 6 heteroatoms. The average molecular weight is 295 g/mol. The number of fused-ring (bicyclic) bond motifs is 1. The smallest absolute Gasteiger partial charge is 0.261 e. The molecule has 5 nitrogen and oxygen atoms in total. The lowest BCUT2D eigenvalue weighted by Crippen LogP contribution is -2.30. The third-order valence-corrected chi connectivity index (χ3v) is 4.18. The zero-order valence-electron chi connectivity index (χ0n) is 11.2. The number of nitrogens with zero attached hydrogens (tertiary/aromatic N) is 1. The van der Waals surface area contributed by atoms with Crippen LogP contribution in [0.2, 0.25) is 0 Å². The minimum absolute atomic E-state index is 0.217. The van der Waals surface area contributed by atoms with Crippen LogP contribution in [0.25, 0.3) is 0 Å². The molecule has 1 unspecified atom stereocenters. The summed E-state index contributed by atoms with van der Waals surface area (Å²) in [7, 11) is -2.36. The van der Waals surface area contributed by atoms with Gasteiger partial charge < -0.3 is 4.89 Å². The maximum Gasteiger partial charge on any atom is 0.261 e. The van der Waals surface area contributed by atoms with Crippen molar-refractivity contribution >= 4 is 19.8 Å².